The van der Waals surface area contributed by atoms with E-state index in [1.807, 2.05) is 6.07 Å². The Morgan fingerprint density at radius 3 is 2.22 bits per heavy atom. The molecule has 130 valence electrons. The summed E-state index contributed by atoms with van der Waals surface area (Å²) in [6.45, 7) is 18.1. The smallest absolute Gasteiger partial charge is 0.266 e. The highest BCUT2D eigenvalue weighted by atomic mass is 16.1. The van der Waals surface area contributed by atoms with E-state index >= 15 is 0 Å². The normalized spacial score (nSPS) is 17.8. The fourth-order valence-electron chi connectivity index (χ4n) is 2.96. The fourth-order valence-corrected chi connectivity index (χ4v) is 2.96. The van der Waals surface area contributed by atoms with Crippen molar-refractivity contribution in [1.29, 1.82) is 0 Å². The minimum atomic E-state index is -0.0298. The van der Waals surface area contributed by atoms with Gasteiger partial charge in [0.1, 0.15) is 0 Å². The Bertz CT molecular complexity index is 551. The molecule has 1 aromatic heterocycles. The summed E-state index contributed by atoms with van der Waals surface area (Å²) in [5.74, 6) is 0.726. The molecule has 5 nitrogen and oxygen atoms in total. The molecule has 0 aliphatic carbocycles. The molecule has 5 heteroatoms. The highest BCUT2D eigenvalue weighted by molar-refractivity contribution is 5.10. The van der Waals surface area contributed by atoms with E-state index in [1.54, 1.807) is 10.7 Å². The van der Waals surface area contributed by atoms with E-state index < -0.39 is 0 Å². The zero-order valence-corrected chi connectivity index (χ0v) is 15.4. The Labute approximate surface area is 140 Å². The molecule has 0 unspecified atom stereocenters. The molecule has 0 amide bonds. The molecule has 0 N–H and O–H groups in total. The van der Waals surface area contributed by atoms with E-state index in [9.17, 15) is 4.79 Å². The van der Waals surface area contributed by atoms with Crippen LogP contribution in [0, 0.1) is 5.92 Å². The summed E-state index contributed by atoms with van der Waals surface area (Å²) >= 11 is 0. The molecule has 23 heavy (non-hydrogen) atoms. The lowest BCUT2D eigenvalue weighted by molar-refractivity contribution is 0.118. The van der Waals surface area contributed by atoms with Crippen LogP contribution < -0.4 is 5.56 Å². The summed E-state index contributed by atoms with van der Waals surface area (Å²) in [5.41, 5.74) is 0.938. The minimum Gasteiger partial charge on any atom is -0.301 e. The number of aromatic nitrogens is 2. The van der Waals surface area contributed by atoms with Crippen molar-refractivity contribution < 1.29 is 0 Å². The van der Waals surface area contributed by atoms with Gasteiger partial charge in [0.25, 0.3) is 5.56 Å². The van der Waals surface area contributed by atoms with Crippen LogP contribution in [0.15, 0.2) is 16.9 Å². The van der Waals surface area contributed by atoms with Gasteiger partial charge in [-0.3, -0.25) is 9.69 Å². The maximum atomic E-state index is 12.0. The third-order valence-electron chi connectivity index (χ3n) is 4.35. The van der Waals surface area contributed by atoms with Gasteiger partial charge in [-0.2, -0.15) is 5.10 Å². The molecule has 1 fully saturated rings. The monoisotopic (exact) mass is 320 g/mol. The molecular formula is C18H32N4O. The van der Waals surface area contributed by atoms with Crippen LogP contribution in [0.3, 0.4) is 0 Å². The van der Waals surface area contributed by atoms with Gasteiger partial charge >= 0.3 is 0 Å². The summed E-state index contributed by atoms with van der Waals surface area (Å²) < 4.78 is 1.63. The van der Waals surface area contributed by atoms with Crippen molar-refractivity contribution in [3.63, 3.8) is 0 Å². The van der Waals surface area contributed by atoms with Crippen LogP contribution in [0.1, 0.15) is 40.3 Å². The van der Waals surface area contributed by atoms with Crippen LogP contribution in [0.2, 0.25) is 0 Å². The number of rotatable bonds is 5. The predicted octanol–water partition coefficient (Wildman–Crippen LogP) is 1.81. The molecular weight excluding hydrogens is 288 g/mol. The van der Waals surface area contributed by atoms with Crippen LogP contribution in [-0.2, 0) is 12.0 Å². The zero-order valence-electron chi connectivity index (χ0n) is 15.4. The highest BCUT2D eigenvalue weighted by Gasteiger charge is 2.19. The van der Waals surface area contributed by atoms with Crippen molar-refractivity contribution in [1.82, 2.24) is 19.6 Å². The topological polar surface area (TPSA) is 41.4 Å². The summed E-state index contributed by atoms with van der Waals surface area (Å²) in [4.78, 5) is 17.0. The molecule has 0 atom stereocenters. The molecule has 2 heterocycles. The third kappa shape index (κ3) is 5.43. The molecule has 0 radical (unpaired) electrons. The van der Waals surface area contributed by atoms with Gasteiger partial charge in [0.05, 0.1) is 12.2 Å². The van der Waals surface area contributed by atoms with E-state index in [0.29, 0.717) is 6.54 Å². The second-order valence-corrected chi connectivity index (χ2v) is 8.07. The maximum absolute atomic E-state index is 12.0. The number of piperazine rings is 1. The van der Waals surface area contributed by atoms with Crippen LogP contribution in [0.5, 0.6) is 0 Å². The standard InChI is InChI=1S/C18H32N4O/c1-15(2)14-21-10-8-20(9-11-21)12-13-22-17(23)7-6-16(19-22)18(3,4)5/h6-7,15H,8-14H2,1-5H3. The number of hydrogen-bond acceptors (Lipinski definition) is 4. The highest BCUT2D eigenvalue weighted by Crippen LogP contribution is 2.18. The first kappa shape index (κ1) is 18.1. The summed E-state index contributed by atoms with van der Waals surface area (Å²) in [6, 6.07) is 3.50. The first-order valence-corrected chi connectivity index (χ1v) is 8.79. The number of nitrogens with zero attached hydrogens (tertiary/aromatic N) is 4. The summed E-state index contributed by atoms with van der Waals surface area (Å²) in [7, 11) is 0. The Hall–Kier alpha value is -1.20. The molecule has 0 bridgehead atoms. The average Bonchev–Trinajstić information content (AvgIpc) is 2.46. The largest absolute Gasteiger partial charge is 0.301 e. The second kappa shape index (κ2) is 7.58. The molecule has 1 saturated heterocycles. The Morgan fingerprint density at radius 1 is 1.04 bits per heavy atom. The Kier molecular flexibility index (Phi) is 5.98. The van der Waals surface area contributed by atoms with Gasteiger partial charge in [-0.15, -0.1) is 0 Å². The summed E-state index contributed by atoms with van der Waals surface area (Å²) in [6.07, 6.45) is 0. The molecule has 2 rings (SSSR count). The van der Waals surface area contributed by atoms with Crippen LogP contribution >= 0.6 is 0 Å². The van der Waals surface area contributed by atoms with Gasteiger partial charge in [0, 0.05) is 50.7 Å². The maximum Gasteiger partial charge on any atom is 0.266 e. The molecule has 0 aromatic carbocycles. The molecule has 0 saturated carbocycles. The van der Waals surface area contributed by atoms with Crippen molar-refractivity contribution in [2.24, 2.45) is 5.92 Å². The third-order valence-corrected chi connectivity index (χ3v) is 4.35. The van der Waals surface area contributed by atoms with Crippen LogP contribution in [0.25, 0.3) is 0 Å². The van der Waals surface area contributed by atoms with Crippen molar-refractivity contribution >= 4 is 0 Å². The number of hydrogen-bond donors (Lipinski definition) is 0. The van der Waals surface area contributed by atoms with Crippen molar-refractivity contribution in [2.45, 2.75) is 46.6 Å². The van der Waals surface area contributed by atoms with Crippen molar-refractivity contribution in [3.05, 3.63) is 28.2 Å². The quantitative estimate of drug-likeness (QED) is 0.830. The fraction of sp³-hybridized carbons (Fsp3) is 0.778. The SMILES string of the molecule is CC(C)CN1CCN(CCn2nc(C(C)(C)C)ccc2=O)CC1. The van der Waals surface area contributed by atoms with E-state index in [-0.39, 0.29) is 11.0 Å². The summed E-state index contributed by atoms with van der Waals surface area (Å²) in [5, 5.41) is 4.55. The zero-order chi connectivity index (χ0) is 17.0. The van der Waals surface area contributed by atoms with Gasteiger partial charge < -0.3 is 4.90 Å². The lowest BCUT2D eigenvalue weighted by Crippen LogP contribution is -2.48. The molecule has 0 spiro atoms. The van der Waals surface area contributed by atoms with Crippen LogP contribution in [0.4, 0.5) is 0 Å². The van der Waals surface area contributed by atoms with Crippen LogP contribution in [-0.4, -0.2) is 58.8 Å². The molecule has 1 aromatic rings. The lowest BCUT2D eigenvalue weighted by Gasteiger charge is -2.35. The lowest BCUT2D eigenvalue weighted by atomic mass is 9.92. The molecule has 1 aliphatic rings. The van der Waals surface area contributed by atoms with Gasteiger partial charge in [-0.05, 0) is 12.0 Å². The van der Waals surface area contributed by atoms with Crippen molar-refractivity contribution in [2.75, 3.05) is 39.3 Å². The average molecular weight is 320 g/mol. The first-order valence-electron chi connectivity index (χ1n) is 8.79. The van der Waals surface area contributed by atoms with E-state index in [0.717, 1.165) is 44.3 Å². The van der Waals surface area contributed by atoms with E-state index in [1.165, 1.54) is 6.54 Å². The minimum absolute atomic E-state index is 0.00329. The van der Waals surface area contributed by atoms with E-state index in [2.05, 4.69) is 49.5 Å². The van der Waals surface area contributed by atoms with Gasteiger partial charge in [-0.1, -0.05) is 34.6 Å². The van der Waals surface area contributed by atoms with Gasteiger partial charge in [-0.25, -0.2) is 4.68 Å². The van der Waals surface area contributed by atoms with Gasteiger partial charge in [0.2, 0.25) is 0 Å². The Balaban J connectivity index is 1.88. The Morgan fingerprint density at radius 2 is 1.65 bits per heavy atom. The second-order valence-electron chi connectivity index (χ2n) is 8.07. The molecule has 1 aliphatic heterocycles. The van der Waals surface area contributed by atoms with Gasteiger partial charge in [0.15, 0.2) is 0 Å². The first-order chi connectivity index (χ1) is 10.8. The predicted molar refractivity (Wildman–Crippen MR) is 94.9 cm³/mol. The van der Waals surface area contributed by atoms with E-state index in [4.69, 9.17) is 0 Å². The van der Waals surface area contributed by atoms with Crippen molar-refractivity contribution in [3.8, 4) is 0 Å².